The first-order chi connectivity index (χ1) is 10.3. The number of hydrogen-bond donors (Lipinski definition) is 1. The minimum atomic E-state index is 0.337. The van der Waals surface area contributed by atoms with Crippen LogP contribution in [0.3, 0.4) is 0 Å². The van der Waals surface area contributed by atoms with Crippen LogP contribution in [0.2, 0.25) is 0 Å². The van der Waals surface area contributed by atoms with Crippen molar-refractivity contribution in [3.63, 3.8) is 0 Å². The highest BCUT2D eigenvalue weighted by Crippen LogP contribution is 2.26. The molecule has 0 bridgehead atoms. The van der Waals surface area contributed by atoms with E-state index in [0.717, 1.165) is 52.3 Å². The van der Waals surface area contributed by atoms with E-state index in [1.54, 1.807) is 0 Å². The van der Waals surface area contributed by atoms with Gasteiger partial charge in [0.25, 0.3) is 0 Å². The molecular weight excluding hydrogens is 284 g/mol. The predicted octanol–water partition coefficient (Wildman–Crippen LogP) is 2.28. The summed E-state index contributed by atoms with van der Waals surface area (Å²) in [6.07, 6.45) is 2.61. The lowest BCUT2D eigenvalue weighted by atomic mass is 10.1. The smallest absolute Gasteiger partial charge is 0.0674 e. The van der Waals surface area contributed by atoms with E-state index in [4.69, 9.17) is 9.47 Å². The van der Waals surface area contributed by atoms with Crippen molar-refractivity contribution in [2.24, 2.45) is 0 Å². The van der Waals surface area contributed by atoms with Crippen molar-refractivity contribution in [1.29, 1.82) is 0 Å². The molecule has 3 rings (SSSR count). The second-order valence-electron chi connectivity index (χ2n) is 6.00. The van der Waals surface area contributed by atoms with Crippen LogP contribution in [0.15, 0.2) is 17.5 Å². The molecule has 0 unspecified atom stereocenters. The second kappa shape index (κ2) is 7.70. The molecule has 1 aromatic rings. The normalized spacial score (nSPS) is 26.8. The highest BCUT2D eigenvalue weighted by atomic mass is 32.1. The highest BCUT2D eigenvalue weighted by Gasteiger charge is 2.27. The van der Waals surface area contributed by atoms with Gasteiger partial charge >= 0.3 is 0 Å². The van der Waals surface area contributed by atoms with Gasteiger partial charge in [-0.3, -0.25) is 4.90 Å². The molecule has 21 heavy (non-hydrogen) atoms. The Labute approximate surface area is 131 Å². The van der Waals surface area contributed by atoms with Gasteiger partial charge in [0, 0.05) is 43.8 Å². The van der Waals surface area contributed by atoms with Gasteiger partial charge < -0.3 is 14.8 Å². The van der Waals surface area contributed by atoms with Crippen molar-refractivity contribution in [3.05, 3.63) is 22.4 Å². The summed E-state index contributed by atoms with van der Waals surface area (Å²) in [5, 5.41) is 5.95. The van der Waals surface area contributed by atoms with E-state index in [1.165, 1.54) is 4.88 Å². The fourth-order valence-electron chi connectivity index (χ4n) is 3.20. The Bertz CT molecular complexity index is 406. The molecule has 3 heterocycles. The summed E-state index contributed by atoms with van der Waals surface area (Å²) in [6, 6.07) is 5.51. The van der Waals surface area contributed by atoms with Crippen LogP contribution in [0.4, 0.5) is 0 Å². The van der Waals surface area contributed by atoms with E-state index in [9.17, 15) is 0 Å². The molecule has 1 aromatic heterocycles. The topological polar surface area (TPSA) is 33.7 Å². The van der Waals surface area contributed by atoms with Gasteiger partial charge in [0.2, 0.25) is 0 Å². The summed E-state index contributed by atoms with van der Waals surface area (Å²) < 4.78 is 11.1. The van der Waals surface area contributed by atoms with E-state index < -0.39 is 0 Å². The Hall–Kier alpha value is -0.460. The molecule has 5 heteroatoms. The van der Waals surface area contributed by atoms with Gasteiger partial charge in [-0.25, -0.2) is 0 Å². The lowest BCUT2D eigenvalue weighted by molar-refractivity contribution is -0.0347. The standard InChI is InChI=1S/C16H26N2O2S/c1-13-12-18(6-9-20-13)15(16-3-2-10-21-16)11-17-14-4-7-19-8-5-14/h2-3,10,13-15,17H,4-9,11-12H2,1H3/t13-,15-/m1/s1. The van der Waals surface area contributed by atoms with E-state index in [1.807, 2.05) is 11.3 Å². The second-order valence-corrected chi connectivity index (χ2v) is 6.98. The molecule has 0 spiro atoms. The number of thiophene rings is 1. The van der Waals surface area contributed by atoms with Gasteiger partial charge in [-0.2, -0.15) is 0 Å². The van der Waals surface area contributed by atoms with Crippen molar-refractivity contribution >= 4 is 11.3 Å². The van der Waals surface area contributed by atoms with Gasteiger partial charge in [-0.15, -0.1) is 11.3 Å². The molecule has 0 aromatic carbocycles. The number of nitrogens with one attached hydrogen (secondary N) is 1. The minimum Gasteiger partial charge on any atom is -0.381 e. The van der Waals surface area contributed by atoms with Crippen LogP contribution in [0, 0.1) is 0 Å². The summed E-state index contributed by atoms with van der Waals surface area (Å²) >= 11 is 1.87. The van der Waals surface area contributed by atoms with Gasteiger partial charge in [0.1, 0.15) is 0 Å². The third-order valence-electron chi connectivity index (χ3n) is 4.41. The number of ether oxygens (including phenoxy) is 2. The maximum Gasteiger partial charge on any atom is 0.0674 e. The van der Waals surface area contributed by atoms with Crippen molar-refractivity contribution in [2.75, 3.05) is 39.5 Å². The Balaban J connectivity index is 1.61. The zero-order valence-electron chi connectivity index (χ0n) is 12.8. The molecule has 0 radical (unpaired) electrons. The SMILES string of the molecule is C[C@@H]1CN([C@H](CNC2CCOCC2)c2cccs2)CCO1. The number of hydrogen-bond acceptors (Lipinski definition) is 5. The average molecular weight is 310 g/mol. The van der Waals surface area contributed by atoms with Crippen LogP contribution in [0.5, 0.6) is 0 Å². The zero-order chi connectivity index (χ0) is 14.5. The largest absolute Gasteiger partial charge is 0.381 e. The summed E-state index contributed by atoms with van der Waals surface area (Å²) in [5.41, 5.74) is 0. The maximum absolute atomic E-state index is 5.69. The van der Waals surface area contributed by atoms with Crippen LogP contribution in [-0.4, -0.2) is 56.5 Å². The van der Waals surface area contributed by atoms with Crippen LogP contribution < -0.4 is 5.32 Å². The van der Waals surface area contributed by atoms with E-state index in [2.05, 4.69) is 34.7 Å². The van der Waals surface area contributed by atoms with Crippen molar-refractivity contribution < 1.29 is 9.47 Å². The third-order valence-corrected chi connectivity index (χ3v) is 5.38. The molecule has 1 N–H and O–H groups in total. The summed E-state index contributed by atoms with van der Waals surface area (Å²) in [4.78, 5) is 4.04. The Morgan fingerprint density at radius 1 is 1.38 bits per heavy atom. The summed E-state index contributed by atoms with van der Waals surface area (Å²) in [5.74, 6) is 0. The fraction of sp³-hybridized carbons (Fsp3) is 0.750. The number of rotatable bonds is 5. The first-order valence-electron chi connectivity index (χ1n) is 8.03. The molecule has 2 aliphatic heterocycles. The summed E-state index contributed by atoms with van der Waals surface area (Å²) in [7, 11) is 0. The fourth-order valence-corrected chi connectivity index (χ4v) is 4.06. The highest BCUT2D eigenvalue weighted by molar-refractivity contribution is 7.10. The average Bonchev–Trinajstić information content (AvgIpc) is 3.03. The molecule has 2 aliphatic rings. The van der Waals surface area contributed by atoms with Crippen LogP contribution >= 0.6 is 11.3 Å². The maximum atomic E-state index is 5.69. The Morgan fingerprint density at radius 2 is 2.24 bits per heavy atom. The summed E-state index contributed by atoms with van der Waals surface area (Å²) in [6.45, 7) is 7.90. The molecule has 2 fully saturated rings. The molecule has 0 aliphatic carbocycles. The minimum absolute atomic E-state index is 0.337. The van der Waals surface area contributed by atoms with E-state index in [0.29, 0.717) is 18.2 Å². The molecule has 118 valence electrons. The monoisotopic (exact) mass is 310 g/mol. The lowest BCUT2D eigenvalue weighted by Gasteiger charge is -2.38. The third kappa shape index (κ3) is 4.27. The van der Waals surface area contributed by atoms with Crippen LogP contribution in [0.1, 0.15) is 30.7 Å². The van der Waals surface area contributed by atoms with E-state index in [-0.39, 0.29) is 0 Å². The molecule has 2 saturated heterocycles. The predicted molar refractivity (Wildman–Crippen MR) is 85.9 cm³/mol. The van der Waals surface area contributed by atoms with Gasteiger partial charge in [-0.05, 0) is 31.2 Å². The number of morpholine rings is 1. The zero-order valence-corrected chi connectivity index (χ0v) is 13.6. The molecule has 0 amide bonds. The van der Waals surface area contributed by atoms with Gasteiger partial charge in [0.15, 0.2) is 0 Å². The number of nitrogens with zero attached hydrogens (tertiary/aromatic N) is 1. The molecule has 0 saturated carbocycles. The van der Waals surface area contributed by atoms with Crippen LogP contribution in [-0.2, 0) is 9.47 Å². The molecule has 4 nitrogen and oxygen atoms in total. The quantitative estimate of drug-likeness (QED) is 0.905. The molecule has 2 atom stereocenters. The van der Waals surface area contributed by atoms with Crippen molar-refractivity contribution in [3.8, 4) is 0 Å². The Kier molecular flexibility index (Phi) is 5.66. The van der Waals surface area contributed by atoms with Crippen molar-refractivity contribution in [1.82, 2.24) is 10.2 Å². The Morgan fingerprint density at radius 3 is 2.95 bits per heavy atom. The lowest BCUT2D eigenvalue weighted by Crippen LogP contribution is -2.47. The first-order valence-corrected chi connectivity index (χ1v) is 8.91. The van der Waals surface area contributed by atoms with Crippen molar-refractivity contribution in [2.45, 2.75) is 38.0 Å². The van der Waals surface area contributed by atoms with E-state index >= 15 is 0 Å². The van der Waals surface area contributed by atoms with Gasteiger partial charge in [0.05, 0.1) is 18.8 Å². The van der Waals surface area contributed by atoms with Gasteiger partial charge in [-0.1, -0.05) is 6.07 Å². The van der Waals surface area contributed by atoms with Crippen LogP contribution in [0.25, 0.3) is 0 Å². The molecular formula is C16H26N2O2S. The first kappa shape index (κ1) is 15.4.